The largest absolute Gasteiger partial charge is 0.450 e. The molecular weight excluding hydrogens is 428 g/mol. The Balaban J connectivity index is 1.46. The lowest BCUT2D eigenvalue weighted by atomic mass is 10.0. The van der Waals surface area contributed by atoms with Crippen molar-refractivity contribution in [3.63, 3.8) is 0 Å². The quantitative estimate of drug-likeness (QED) is 0.591. The molecule has 3 aromatic rings. The maximum Gasteiger partial charge on any atom is 0.409 e. The molecule has 3 heterocycles. The minimum Gasteiger partial charge on any atom is -0.450 e. The Labute approximate surface area is 190 Å². The van der Waals surface area contributed by atoms with Crippen LogP contribution in [0.15, 0.2) is 41.5 Å². The van der Waals surface area contributed by atoms with Crippen molar-refractivity contribution in [2.75, 3.05) is 32.8 Å². The monoisotopic (exact) mass is 454 g/mol. The van der Waals surface area contributed by atoms with Crippen molar-refractivity contribution in [3.05, 3.63) is 51.9 Å². The standard InChI is InChI=1S/C23H26N4O4S/c1-3-31-23(30)26-13-11-25(12-14-26)18(28)9-10-27-15-24-21-20(22(27)29)19(16(2)32-21)17-7-5-4-6-8-17/h4-8,15H,3,9-14H2,1-2H3. The van der Waals surface area contributed by atoms with Crippen molar-refractivity contribution in [1.82, 2.24) is 19.4 Å². The molecule has 2 amide bonds. The summed E-state index contributed by atoms with van der Waals surface area (Å²) in [5, 5.41) is 0.608. The van der Waals surface area contributed by atoms with Gasteiger partial charge in [0.1, 0.15) is 4.83 Å². The van der Waals surface area contributed by atoms with E-state index in [4.69, 9.17) is 4.74 Å². The fraction of sp³-hybridized carbons (Fsp3) is 0.391. The van der Waals surface area contributed by atoms with Crippen molar-refractivity contribution in [3.8, 4) is 11.1 Å². The van der Waals surface area contributed by atoms with Crippen LogP contribution in [0.5, 0.6) is 0 Å². The Morgan fingerprint density at radius 2 is 1.78 bits per heavy atom. The number of aromatic nitrogens is 2. The van der Waals surface area contributed by atoms with Gasteiger partial charge in [-0.15, -0.1) is 11.3 Å². The number of carbonyl (C=O) groups excluding carboxylic acids is 2. The molecule has 32 heavy (non-hydrogen) atoms. The summed E-state index contributed by atoms with van der Waals surface area (Å²) in [5.74, 6) is -0.0368. The summed E-state index contributed by atoms with van der Waals surface area (Å²) in [6, 6.07) is 9.83. The average molecular weight is 455 g/mol. The van der Waals surface area contributed by atoms with Crippen LogP contribution in [0, 0.1) is 6.92 Å². The van der Waals surface area contributed by atoms with Crippen molar-refractivity contribution in [2.45, 2.75) is 26.8 Å². The van der Waals surface area contributed by atoms with Gasteiger partial charge in [-0.05, 0) is 19.4 Å². The van der Waals surface area contributed by atoms with Gasteiger partial charge in [-0.3, -0.25) is 14.2 Å². The molecule has 0 atom stereocenters. The molecule has 2 aromatic heterocycles. The number of rotatable bonds is 5. The first-order valence-corrected chi connectivity index (χ1v) is 11.5. The number of ether oxygens (including phenoxy) is 1. The molecule has 0 spiro atoms. The molecule has 0 N–H and O–H groups in total. The summed E-state index contributed by atoms with van der Waals surface area (Å²) < 4.78 is 6.53. The first-order chi connectivity index (χ1) is 15.5. The number of aryl methyl sites for hydroxylation is 2. The number of fused-ring (bicyclic) bond motifs is 1. The lowest BCUT2D eigenvalue weighted by Crippen LogP contribution is -2.50. The van der Waals surface area contributed by atoms with E-state index in [0.29, 0.717) is 43.0 Å². The topological polar surface area (TPSA) is 84.7 Å². The molecule has 1 aromatic carbocycles. The van der Waals surface area contributed by atoms with Crippen molar-refractivity contribution >= 4 is 33.6 Å². The van der Waals surface area contributed by atoms with E-state index in [1.165, 1.54) is 22.2 Å². The van der Waals surface area contributed by atoms with E-state index in [-0.39, 0.29) is 30.5 Å². The molecular formula is C23H26N4O4S. The number of amides is 2. The van der Waals surface area contributed by atoms with Gasteiger partial charge in [0.05, 0.1) is 18.3 Å². The molecule has 8 nitrogen and oxygen atoms in total. The number of piperazine rings is 1. The molecule has 1 aliphatic rings. The first kappa shape index (κ1) is 22.0. The molecule has 1 fully saturated rings. The molecule has 1 aliphatic heterocycles. The highest BCUT2D eigenvalue weighted by atomic mass is 32.1. The van der Waals surface area contributed by atoms with E-state index >= 15 is 0 Å². The summed E-state index contributed by atoms with van der Waals surface area (Å²) in [6.45, 7) is 6.20. The SMILES string of the molecule is CCOC(=O)N1CCN(C(=O)CCn2cnc3sc(C)c(-c4ccccc4)c3c2=O)CC1. The molecule has 168 valence electrons. The van der Waals surface area contributed by atoms with E-state index < -0.39 is 0 Å². The number of nitrogens with zero attached hydrogens (tertiary/aromatic N) is 4. The fourth-order valence-corrected chi connectivity index (χ4v) is 4.98. The maximum absolute atomic E-state index is 13.3. The van der Waals surface area contributed by atoms with Crippen molar-refractivity contribution in [2.24, 2.45) is 0 Å². The third-order valence-electron chi connectivity index (χ3n) is 5.64. The van der Waals surface area contributed by atoms with Gasteiger partial charge in [0, 0.05) is 49.6 Å². The van der Waals surface area contributed by atoms with Gasteiger partial charge in [-0.1, -0.05) is 30.3 Å². The summed E-state index contributed by atoms with van der Waals surface area (Å²) in [5.41, 5.74) is 1.78. The van der Waals surface area contributed by atoms with E-state index in [2.05, 4.69) is 4.98 Å². The van der Waals surface area contributed by atoms with Gasteiger partial charge in [0.25, 0.3) is 5.56 Å². The number of benzene rings is 1. The second kappa shape index (κ2) is 9.52. The molecule has 0 saturated carbocycles. The van der Waals surface area contributed by atoms with E-state index in [0.717, 1.165) is 16.0 Å². The normalized spacial score (nSPS) is 14.1. The lowest BCUT2D eigenvalue weighted by Gasteiger charge is -2.34. The maximum atomic E-state index is 13.3. The number of hydrogen-bond donors (Lipinski definition) is 0. The highest BCUT2D eigenvalue weighted by Crippen LogP contribution is 2.35. The van der Waals surface area contributed by atoms with Gasteiger partial charge >= 0.3 is 6.09 Å². The van der Waals surface area contributed by atoms with Crippen molar-refractivity contribution in [1.29, 1.82) is 0 Å². The summed E-state index contributed by atoms with van der Waals surface area (Å²) >= 11 is 1.51. The Bertz CT molecular complexity index is 1180. The molecule has 0 unspecified atom stereocenters. The van der Waals surface area contributed by atoms with Crippen molar-refractivity contribution < 1.29 is 14.3 Å². The van der Waals surface area contributed by atoms with Gasteiger partial charge in [0.2, 0.25) is 5.91 Å². The molecule has 0 bridgehead atoms. The van der Waals surface area contributed by atoms with Crippen LogP contribution in [-0.4, -0.2) is 64.1 Å². The van der Waals surface area contributed by atoms with Crippen LogP contribution in [-0.2, 0) is 16.1 Å². The van der Waals surface area contributed by atoms with E-state index in [9.17, 15) is 14.4 Å². The van der Waals surface area contributed by atoms with Gasteiger partial charge in [-0.25, -0.2) is 9.78 Å². The Morgan fingerprint density at radius 1 is 1.09 bits per heavy atom. The van der Waals surface area contributed by atoms with Gasteiger partial charge in [0.15, 0.2) is 0 Å². The van der Waals surface area contributed by atoms with Crippen LogP contribution in [0.25, 0.3) is 21.3 Å². The Hall–Kier alpha value is -3.20. The molecule has 0 radical (unpaired) electrons. The highest BCUT2D eigenvalue weighted by molar-refractivity contribution is 7.19. The van der Waals surface area contributed by atoms with Gasteiger partial charge < -0.3 is 14.5 Å². The molecule has 1 saturated heterocycles. The zero-order valence-electron chi connectivity index (χ0n) is 18.2. The van der Waals surface area contributed by atoms with Crippen LogP contribution < -0.4 is 5.56 Å². The van der Waals surface area contributed by atoms with E-state index in [1.807, 2.05) is 37.3 Å². The first-order valence-electron chi connectivity index (χ1n) is 10.7. The van der Waals surface area contributed by atoms with Crippen LogP contribution >= 0.6 is 11.3 Å². The summed E-state index contributed by atoms with van der Waals surface area (Å²) in [7, 11) is 0. The summed E-state index contributed by atoms with van der Waals surface area (Å²) in [6.07, 6.45) is 1.39. The zero-order valence-corrected chi connectivity index (χ0v) is 19.1. The van der Waals surface area contributed by atoms with Crippen LogP contribution in [0.1, 0.15) is 18.2 Å². The minimum atomic E-state index is -0.342. The number of carbonyl (C=O) groups is 2. The smallest absolute Gasteiger partial charge is 0.409 e. The second-order valence-corrected chi connectivity index (χ2v) is 8.84. The molecule has 0 aliphatic carbocycles. The predicted octanol–water partition coefficient (Wildman–Crippen LogP) is 3.12. The Kier molecular flexibility index (Phi) is 6.55. The lowest BCUT2D eigenvalue weighted by molar-refractivity contribution is -0.133. The fourth-order valence-electron chi connectivity index (χ4n) is 3.98. The minimum absolute atomic E-state index is 0.0368. The van der Waals surface area contributed by atoms with Crippen LogP contribution in [0.3, 0.4) is 0 Å². The van der Waals surface area contributed by atoms with Crippen LogP contribution in [0.2, 0.25) is 0 Å². The molecule has 9 heteroatoms. The second-order valence-electron chi connectivity index (χ2n) is 7.64. The third-order valence-corrected chi connectivity index (χ3v) is 6.66. The molecule has 4 rings (SSSR count). The predicted molar refractivity (Wildman–Crippen MR) is 124 cm³/mol. The van der Waals surface area contributed by atoms with E-state index in [1.54, 1.807) is 16.7 Å². The number of hydrogen-bond acceptors (Lipinski definition) is 6. The average Bonchev–Trinajstić information content (AvgIpc) is 3.16. The number of thiophene rings is 1. The summed E-state index contributed by atoms with van der Waals surface area (Å²) in [4.78, 5) is 47.4. The van der Waals surface area contributed by atoms with Gasteiger partial charge in [-0.2, -0.15) is 0 Å². The van der Waals surface area contributed by atoms with Crippen LogP contribution in [0.4, 0.5) is 4.79 Å². The highest BCUT2D eigenvalue weighted by Gasteiger charge is 2.25. The Morgan fingerprint density at radius 3 is 2.47 bits per heavy atom. The zero-order chi connectivity index (χ0) is 22.7. The third kappa shape index (κ3) is 4.38.